The van der Waals surface area contributed by atoms with Gasteiger partial charge >= 0.3 is 0 Å². The summed E-state index contributed by atoms with van der Waals surface area (Å²) in [6.45, 7) is 0. The molecule has 0 unspecified atom stereocenters. The molecule has 0 atom stereocenters. The first-order chi connectivity index (χ1) is 7.81. The van der Waals surface area contributed by atoms with Crippen molar-refractivity contribution in [3.05, 3.63) is 29.6 Å². The lowest BCUT2D eigenvalue weighted by atomic mass is 10.1. The van der Waals surface area contributed by atoms with E-state index in [0.717, 1.165) is 12.0 Å². The van der Waals surface area contributed by atoms with Crippen molar-refractivity contribution in [2.75, 3.05) is 5.75 Å². The van der Waals surface area contributed by atoms with Crippen LogP contribution >= 0.6 is 11.8 Å². The molecule has 1 saturated carbocycles. The van der Waals surface area contributed by atoms with E-state index in [4.69, 9.17) is 0 Å². The molecule has 0 aromatic heterocycles. The van der Waals surface area contributed by atoms with Crippen molar-refractivity contribution in [2.24, 2.45) is 5.92 Å². The summed E-state index contributed by atoms with van der Waals surface area (Å²) in [4.78, 5) is 11.3. The first kappa shape index (κ1) is 11.6. The van der Waals surface area contributed by atoms with E-state index < -0.39 is 0 Å². The molecule has 1 aromatic carbocycles. The van der Waals surface area contributed by atoms with Gasteiger partial charge in [0.1, 0.15) is 5.82 Å². The lowest BCUT2D eigenvalue weighted by Gasteiger charge is -2.10. The zero-order chi connectivity index (χ0) is 11.4. The fraction of sp³-hybridized carbons (Fsp3) is 0.462. The van der Waals surface area contributed by atoms with E-state index in [-0.39, 0.29) is 5.82 Å². The number of hydrogen-bond acceptors (Lipinski definition) is 2. The van der Waals surface area contributed by atoms with Crippen LogP contribution in [0, 0.1) is 11.7 Å². The largest absolute Gasteiger partial charge is 0.298 e. The lowest BCUT2D eigenvalue weighted by molar-refractivity contribution is 0.112. The Morgan fingerprint density at radius 3 is 2.81 bits per heavy atom. The fourth-order valence-electron chi connectivity index (χ4n) is 2.15. The SMILES string of the molecule is O=Cc1cccc(F)c1SCC1CCCC1. The van der Waals surface area contributed by atoms with Crippen LogP contribution in [-0.4, -0.2) is 12.0 Å². The molecule has 0 aliphatic heterocycles. The summed E-state index contributed by atoms with van der Waals surface area (Å²) in [6.07, 6.45) is 5.82. The number of halogens is 1. The molecule has 1 aliphatic rings. The van der Waals surface area contributed by atoms with Crippen LogP contribution in [0.1, 0.15) is 36.0 Å². The van der Waals surface area contributed by atoms with Gasteiger partial charge in [-0.1, -0.05) is 25.0 Å². The molecule has 1 aliphatic carbocycles. The average Bonchev–Trinajstić information content (AvgIpc) is 2.80. The lowest BCUT2D eigenvalue weighted by Crippen LogP contribution is -1.98. The van der Waals surface area contributed by atoms with Crippen LogP contribution in [0.15, 0.2) is 23.1 Å². The summed E-state index contributed by atoms with van der Waals surface area (Å²) >= 11 is 1.49. The first-order valence-electron chi connectivity index (χ1n) is 5.67. The molecule has 0 N–H and O–H groups in total. The van der Waals surface area contributed by atoms with Crippen LogP contribution in [0.3, 0.4) is 0 Å². The molecule has 86 valence electrons. The van der Waals surface area contributed by atoms with Crippen molar-refractivity contribution in [3.63, 3.8) is 0 Å². The van der Waals surface area contributed by atoms with E-state index >= 15 is 0 Å². The van der Waals surface area contributed by atoms with Crippen LogP contribution in [0.25, 0.3) is 0 Å². The summed E-state index contributed by atoms with van der Waals surface area (Å²) in [7, 11) is 0. The maximum Gasteiger partial charge on any atom is 0.151 e. The number of hydrogen-bond donors (Lipinski definition) is 0. The Labute approximate surface area is 99.4 Å². The van der Waals surface area contributed by atoms with E-state index in [1.54, 1.807) is 12.1 Å². The molecular formula is C13H15FOS. The van der Waals surface area contributed by atoms with Gasteiger partial charge in [0.05, 0.1) is 4.90 Å². The van der Waals surface area contributed by atoms with E-state index in [2.05, 4.69) is 0 Å². The van der Waals surface area contributed by atoms with Gasteiger partial charge < -0.3 is 0 Å². The summed E-state index contributed by atoms with van der Waals surface area (Å²) in [5.41, 5.74) is 0.475. The van der Waals surface area contributed by atoms with Crippen LogP contribution in [0.2, 0.25) is 0 Å². The van der Waals surface area contributed by atoms with Gasteiger partial charge in [0.2, 0.25) is 0 Å². The zero-order valence-corrected chi connectivity index (χ0v) is 9.93. The van der Waals surface area contributed by atoms with Gasteiger partial charge in [-0.3, -0.25) is 4.79 Å². The Kier molecular flexibility index (Phi) is 3.99. The van der Waals surface area contributed by atoms with Gasteiger partial charge in [-0.2, -0.15) is 0 Å². The average molecular weight is 238 g/mol. The normalized spacial score (nSPS) is 16.6. The van der Waals surface area contributed by atoms with Crippen molar-refractivity contribution in [1.29, 1.82) is 0 Å². The fourth-order valence-corrected chi connectivity index (χ4v) is 3.37. The van der Waals surface area contributed by atoms with Gasteiger partial charge in [-0.05, 0) is 24.8 Å². The minimum Gasteiger partial charge on any atom is -0.298 e. The van der Waals surface area contributed by atoms with Crippen LogP contribution in [-0.2, 0) is 0 Å². The number of carbonyl (C=O) groups excluding carboxylic acids is 1. The Morgan fingerprint density at radius 2 is 2.12 bits per heavy atom. The Bertz CT molecular complexity index is 372. The zero-order valence-electron chi connectivity index (χ0n) is 9.12. The molecule has 1 fully saturated rings. The van der Waals surface area contributed by atoms with Crippen molar-refractivity contribution in [2.45, 2.75) is 30.6 Å². The van der Waals surface area contributed by atoms with Crippen molar-refractivity contribution in [1.82, 2.24) is 0 Å². The van der Waals surface area contributed by atoms with Crippen molar-refractivity contribution < 1.29 is 9.18 Å². The standard InChI is InChI=1S/C13H15FOS/c14-12-7-3-6-11(8-15)13(12)16-9-10-4-1-2-5-10/h3,6-8,10H,1-2,4-5,9H2. The molecule has 0 bridgehead atoms. The number of benzene rings is 1. The minimum absolute atomic E-state index is 0.271. The number of aldehydes is 1. The van der Waals surface area contributed by atoms with Crippen molar-refractivity contribution >= 4 is 18.0 Å². The number of carbonyl (C=O) groups is 1. The second kappa shape index (κ2) is 5.48. The molecule has 1 aromatic rings. The Morgan fingerprint density at radius 1 is 1.38 bits per heavy atom. The first-order valence-corrected chi connectivity index (χ1v) is 6.66. The van der Waals surface area contributed by atoms with Gasteiger partial charge in [-0.25, -0.2) is 4.39 Å². The molecule has 1 nitrogen and oxygen atoms in total. The molecular weight excluding hydrogens is 223 g/mol. The predicted molar refractivity (Wildman–Crippen MR) is 64.5 cm³/mol. The summed E-state index contributed by atoms with van der Waals surface area (Å²) in [5, 5.41) is 0. The van der Waals surface area contributed by atoms with Gasteiger partial charge in [-0.15, -0.1) is 11.8 Å². The molecule has 0 spiro atoms. The van der Waals surface area contributed by atoms with Gasteiger partial charge in [0, 0.05) is 11.3 Å². The van der Waals surface area contributed by atoms with Crippen LogP contribution < -0.4 is 0 Å². The third kappa shape index (κ3) is 2.64. The summed E-state index contributed by atoms with van der Waals surface area (Å²) in [6, 6.07) is 4.68. The third-order valence-electron chi connectivity index (χ3n) is 3.06. The van der Waals surface area contributed by atoms with Crippen molar-refractivity contribution in [3.8, 4) is 0 Å². The number of rotatable bonds is 4. The monoisotopic (exact) mass is 238 g/mol. The Balaban J connectivity index is 2.04. The molecule has 0 amide bonds. The number of thioether (sulfide) groups is 1. The smallest absolute Gasteiger partial charge is 0.151 e. The second-order valence-corrected chi connectivity index (χ2v) is 5.27. The molecule has 0 radical (unpaired) electrons. The summed E-state index contributed by atoms with van der Waals surface area (Å²) < 4.78 is 13.5. The Hall–Kier alpha value is -0.830. The van der Waals surface area contributed by atoms with E-state index in [0.29, 0.717) is 16.4 Å². The highest BCUT2D eigenvalue weighted by Gasteiger charge is 2.17. The van der Waals surface area contributed by atoms with Gasteiger partial charge in [0.15, 0.2) is 6.29 Å². The highest BCUT2D eigenvalue weighted by molar-refractivity contribution is 7.99. The minimum atomic E-state index is -0.271. The third-order valence-corrected chi connectivity index (χ3v) is 4.42. The topological polar surface area (TPSA) is 17.1 Å². The van der Waals surface area contributed by atoms with E-state index in [9.17, 15) is 9.18 Å². The highest BCUT2D eigenvalue weighted by atomic mass is 32.2. The molecule has 3 heteroatoms. The molecule has 16 heavy (non-hydrogen) atoms. The maximum absolute atomic E-state index is 13.5. The van der Waals surface area contributed by atoms with E-state index in [1.807, 2.05) is 0 Å². The highest BCUT2D eigenvalue weighted by Crippen LogP contribution is 2.33. The second-order valence-electron chi connectivity index (χ2n) is 4.24. The molecule has 2 rings (SSSR count). The van der Waals surface area contributed by atoms with Crippen LogP contribution in [0.4, 0.5) is 4.39 Å². The van der Waals surface area contributed by atoms with Gasteiger partial charge in [0.25, 0.3) is 0 Å². The van der Waals surface area contributed by atoms with E-state index in [1.165, 1.54) is 43.5 Å². The maximum atomic E-state index is 13.5. The van der Waals surface area contributed by atoms with Crippen LogP contribution in [0.5, 0.6) is 0 Å². The molecule has 0 saturated heterocycles. The molecule has 0 heterocycles. The predicted octanol–water partition coefficient (Wildman–Crippen LogP) is 3.92. The quantitative estimate of drug-likeness (QED) is 0.584. The summed E-state index contributed by atoms with van der Waals surface area (Å²) in [5.74, 6) is 1.36.